The Bertz CT molecular complexity index is 966. The number of benzene rings is 3. The van der Waals surface area contributed by atoms with E-state index in [0.717, 1.165) is 11.1 Å². The van der Waals surface area contributed by atoms with Crippen molar-refractivity contribution in [3.8, 4) is 11.5 Å². The van der Waals surface area contributed by atoms with Gasteiger partial charge in [0.05, 0.1) is 11.1 Å². The zero-order valence-electron chi connectivity index (χ0n) is 17.7. The highest BCUT2D eigenvalue weighted by Gasteiger charge is 2.22. The molecule has 0 aliphatic carbocycles. The maximum Gasteiger partial charge on any atom is 0.344 e. The van der Waals surface area contributed by atoms with Crippen LogP contribution in [0.25, 0.3) is 0 Å². The molecular weight excluding hydrogens is 376 g/mol. The molecule has 0 atom stereocenters. The Labute approximate surface area is 177 Å². The number of esters is 2. The van der Waals surface area contributed by atoms with Gasteiger partial charge in [0.15, 0.2) is 0 Å². The van der Waals surface area contributed by atoms with E-state index in [4.69, 9.17) is 9.47 Å². The Hall–Kier alpha value is -3.40. The molecule has 3 rings (SSSR count). The molecule has 0 N–H and O–H groups in total. The minimum absolute atomic E-state index is 0.170. The van der Waals surface area contributed by atoms with Gasteiger partial charge >= 0.3 is 11.9 Å². The number of hydrogen-bond acceptors (Lipinski definition) is 4. The van der Waals surface area contributed by atoms with E-state index in [-0.39, 0.29) is 23.0 Å². The fourth-order valence-corrected chi connectivity index (χ4v) is 3.25. The van der Waals surface area contributed by atoms with E-state index in [1.54, 1.807) is 36.4 Å². The van der Waals surface area contributed by atoms with Crippen molar-refractivity contribution in [3.05, 3.63) is 95.1 Å². The van der Waals surface area contributed by atoms with Crippen molar-refractivity contribution in [3.63, 3.8) is 0 Å². The van der Waals surface area contributed by atoms with E-state index in [0.29, 0.717) is 11.5 Å². The normalized spacial score (nSPS) is 10.9. The smallest absolute Gasteiger partial charge is 0.344 e. The van der Waals surface area contributed by atoms with Gasteiger partial charge in [0.1, 0.15) is 11.5 Å². The van der Waals surface area contributed by atoms with Crippen LogP contribution in [0.3, 0.4) is 0 Å². The molecule has 0 aliphatic rings. The van der Waals surface area contributed by atoms with Crippen LogP contribution in [0.2, 0.25) is 0 Å². The molecule has 0 radical (unpaired) electrons. The van der Waals surface area contributed by atoms with Crippen LogP contribution in [0.15, 0.2) is 72.8 Å². The first kappa shape index (κ1) is 21.3. The summed E-state index contributed by atoms with van der Waals surface area (Å²) in [6.45, 7) is 8.13. The minimum Gasteiger partial charge on any atom is -0.423 e. The standard InChI is InChI=1S/C26H26O4/c1-17(2)19-11-7-9-15-23(19)29-25(27)21-13-5-6-14-22(21)26(28)30-24-16-10-8-12-20(24)18(3)4/h5-18H,1-4H3. The van der Waals surface area contributed by atoms with Gasteiger partial charge in [0.25, 0.3) is 0 Å². The highest BCUT2D eigenvalue weighted by Crippen LogP contribution is 2.29. The number of para-hydroxylation sites is 2. The van der Waals surface area contributed by atoms with Crippen molar-refractivity contribution in [2.24, 2.45) is 0 Å². The van der Waals surface area contributed by atoms with Crippen LogP contribution in [0, 0.1) is 0 Å². The topological polar surface area (TPSA) is 52.6 Å². The van der Waals surface area contributed by atoms with Gasteiger partial charge in [0, 0.05) is 0 Å². The third-order valence-corrected chi connectivity index (χ3v) is 4.85. The zero-order chi connectivity index (χ0) is 21.7. The summed E-state index contributed by atoms with van der Waals surface area (Å²) in [5.74, 6) is 0.195. The summed E-state index contributed by atoms with van der Waals surface area (Å²) in [5.41, 5.74) is 2.19. The van der Waals surface area contributed by atoms with Crippen molar-refractivity contribution >= 4 is 11.9 Å². The minimum atomic E-state index is -0.590. The van der Waals surface area contributed by atoms with Crippen LogP contribution in [0.4, 0.5) is 0 Å². The van der Waals surface area contributed by atoms with Crippen molar-refractivity contribution in [2.75, 3.05) is 0 Å². The van der Waals surface area contributed by atoms with Crippen LogP contribution in [0.5, 0.6) is 11.5 Å². The summed E-state index contributed by atoms with van der Waals surface area (Å²) in [7, 11) is 0. The van der Waals surface area contributed by atoms with E-state index in [1.165, 1.54) is 0 Å². The summed E-state index contributed by atoms with van der Waals surface area (Å²) in [5, 5.41) is 0. The van der Waals surface area contributed by atoms with Crippen molar-refractivity contribution < 1.29 is 19.1 Å². The molecule has 0 unspecified atom stereocenters. The molecule has 3 aromatic rings. The third kappa shape index (κ3) is 4.77. The average molecular weight is 402 g/mol. The highest BCUT2D eigenvalue weighted by atomic mass is 16.5. The molecule has 0 spiro atoms. The number of hydrogen-bond donors (Lipinski definition) is 0. The molecule has 4 nitrogen and oxygen atoms in total. The van der Waals surface area contributed by atoms with Gasteiger partial charge in [-0.05, 0) is 47.2 Å². The van der Waals surface area contributed by atoms with E-state index in [9.17, 15) is 9.59 Å². The average Bonchev–Trinajstić information content (AvgIpc) is 2.74. The molecule has 0 heterocycles. The molecule has 0 bridgehead atoms. The number of carbonyl (C=O) groups is 2. The lowest BCUT2D eigenvalue weighted by molar-refractivity contribution is 0.0690. The number of ether oxygens (including phenoxy) is 2. The third-order valence-electron chi connectivity index (χ3n) is 4.85. The quantitative estimate of drug-likeness (QED) is 0.355. The molecule has 4 heteroatoms. The van der Waals surface area contributed by atoms with E-state index >= 15 is 0 Å². The Morgan fingerprint density at radius 2 is 0.900 bits per heavy atom. The monoisotopic (exact) mass is 402 g/mol. The first-order valence-corrected chi connectivity index (χ1v) is 10.1. The second kappa shape index (κ2) is 9.40. The molecule has 0 aliphatic heterocycles. The van der Waals surface area contributed by atoms with Gasteiger partial charge in [0.2, 0.25) is 0 Å². The maximum atomic E-state index is 12.9. The van der Waals surface area contributed by atoms with Crippen LogP contribution in [-0.2, 0) is 0 Å². The molecular formula is C26H26O4. The van der Waals surface area contributed by atoms with Gasteiger partial charge < -0.3 is 9.47 Å². The van der Waals surface area contributed by atoms with Crippen LogP contribution < -0.4 is 9.47 Å². The lowest BCUT2D eigenvalue weighted by Gasteiger charge is -2.15. The summed E-state index contributed by atoms with van der Waals surface area (Å²) >= 11 is 0. The lowest BCUT2D eigenvalue weighted by Crippen LogP contribution is -2.18. The molecule has 154 valence electrons. The Kier molecular flexibility index (Phi) is 6.68. The van der Waals surface area contributed by atoms with Crippen molar-refractivity contribution in [1.82, 2.24) is 0 Å². The Balaban J connectivity index is 1.88. The molecule has 3 aromatic carbocycles. The largest absolute Gasteiger partial charge is 0.423 e. The second-order valence-electron chi connectivity index (χ2n) is 7.71. The number of rotatable bonds is 6. The molecule has 0 saturated heterocycles. The van der Waals surface area contributed by atoms with E-state index in [2.05, 4.69) is 0 Å². The fraction of sp³-hybridized carbons (Fsp3) is 0.231. The van der Waals surface area contributed by atoms with Gasteiger partial charge in [-0.15, -0.1) is 0 Å². The fourth-order valence-electron chi connectivity index (χ4n) is 3.25. The van der Waals surface area contributed by atoms with Crippen molar-refractivity contribution in [1.29, 1.82) is 0 Å². The SMILES string of the molecule is CC(C)c1ccccc1OC(=O)c1ccccc1C(=O)Oc1ccccc1C(C)C. The maximum absolute atomic E-state index is 12.9. The summed E-state index contributed by atoms with van der Waals surface area (Å²) in [6.07, 6.45) is 0. The summed E-state index contributed by atoms with van der Waals surface area (Å²) in [6, 6.07) is 21.4. The molecule has 30 heavy (non-hydrogen) atoms. The van der Waals surface area contributed by atoms with Crippen LogP contribution in [-0.4, -0.2) is 11.9 Å². The number of carbonyl (C=O) groups excluding carboxylic acids is 2. The van der Waals surface area contributed by atoms with Crippen molar-refractivity contribution in [2.45, 2.75) is 39.5 Å². The van der Waals surface area contributed by atoms with E-state index < -0.39 is 11.9 Å². The molecule has 0 aromatic heterocycles. The van der Waals surface area contributed by atoms with E-state index in [1.807, 2.05) is 64.1 Å². The van der Waals surface area contributed by atoms with Gasteiger partial charge in [-0.2, -0.15) is 0 Å². The first-order valence-electron chi connectivity index (χ1n) is 10.1. The predicted molar refractivity (Wildman–Crippen MR) is 117 cm³/mol. The van der Waals surface area contributed by atoms with Gasteiger partial charge in [-0.3, -0.25) is 0 Å². The van der Waals surface area contributed by atoms with Crippen LogP contribution in [0.1, 0.15) is 71.4 Å². The predicted octanol–water partition coefficient (Wildman–Crippen LogP) is 6.37. The lowest BCUT2D eigenvalue weighted by atomic mass is 10.0. The second-order valence-corrected chi connectivity index (χ2v) is 7.71. The Morgan fingerprint density at radius 3 is 1.27 bits per heavy atom. The molecule has 0 amide bonds. The Morgan fingerprint density at radius 1 is 0.567 bits per heavy atom. The molecule has 0 saturated carbocycles. The van der Waals surface area contributed by atoms with Crippen LogP contribution >= 0.6 is 0 Å². The molecule has 0 fully saturated rings. The van der Waals surface area contributed by atoms with Gasteiger partial charge in [-0.25, -0.2) is 9.59 Å². The summed E-state index contributed by atoms with van der Waals surface area (Å²) < 4.78 is 11.3. The summed E-state index contributed by atoms with van der Waals surface area (Å²) in [4.78, 5) is 25.8. The first-order chi connectivity index (χ1) is 14.4. The highest BCUT2D eigenvalue weighted by molar-refractivity contribution is 6.04. The van der Waals surface area contributed by atoms with Gasteiger partial charge in [-0.1, -0.05) is 76.2 Å². The zero-order valence-corrected chi connectivity index (χ0v) is 17.7.